The molecular weight excluding hydrogens is 302 g/mol. The van der Waals surface area contributed by atoms with Crippen molar-refractivity contribution in [1.82, 2.24) is 5.32 Å². The van der Waals surface area contributed by atoms with Crippen molar-refractivity contribution in [1.29, 1.82) is 0 Å². The summed E-state index contributed by atoms with van der Waals surface area (Å²) in [5.41, 5.74) is 1.11. The molecule has 0 aromatic heterocycles. The lowest BCUT2D eigenvalue weighted by atomic mass is 10.1. The van der Waals surface area contributed by atoms with E-state index in [0.29, 0.717) is 0 Å². The minimum atomic E-state index is 0.203. The third kappa shape index (κ3) is 4.67. The zero-order valence-electron chi connectivity index (χ0n) is 12.3. The molecule has 21 heavy (non-hydrogen) atoms. The van der Waals surface area contributed by atoms with Crippen LogP contribution in [0.4, 0.5) is 0 Å². The van der Waals surface area contributed by atoms with Gasteiger partial charge in [0.15, 0.2) is 0 Å². The monoisotopic (exact) mass is 321 g/mol. The maximum atomic E-state index is 6.15. The average molecular weight is 322 g/mol. The van der Waals surface area contributed by atoms with Crippen LogP contribution in [0.2, 0.25) is 5.02 Å². The summed E-state index contributed by atoms with van der Waals surface area (Å²) in [7, 11) is 1.69. The third-order valence-electron chi connectivity index (χ3n) is 3.18. The van der Waals surface area contributed by atoms with Gasteiger partial charge in [-0.2, -0.15) is 0 Å². The molecule has 0 saturated carbocycles. The molecule has 0 radical (unpaired) electrons. The van der Waals surface area contributed by atoms with Gasteiger partial charge in [0.2, 0.25) is 0 Å². The number of methoxy groups -OCH3 is 1. The van der Waals surface area contributed by atoms with Crippen LogP contribution in [0, 0.1) is 0 Å². The molecule has 2 nitrogen and oxygen atoms in total. The van der Waals surface area contributed by atoms with Crippen LogP contribution in [-0.4, -0.2) is 19.4 Å². The maximum absolute atomic E-state index is 6.15. The van der Waals surface area contributed by atoms with Gasteiger partial charge in [0.25, 0.3) is 0 Å². The van der Waals surface area contributed by atoms with E-state index in [1.807, 2.05) is 36.0 Å². The molecule has 4 heteroatoms. The van der Waals surface area contributed by atoms with Crippen LogP contribution >= 0.6 is 23.4 Å². The minimum Gasteiger partial charge on any atom is -0.496 e. The lowest BCUT2D eigenvalue weighted by Crippen LogP contribution is -2.23. The van der Waals surface area contributed by atoms with E-state index in [1.165, 1.54) is 4.90 Å². The van der Waals surface area contributed by atoms with E-state index >= 15 is 0 Å². The number of rotatable bonds is 7. The fourth-order valence-electron chi connectivity index (χ4n) is 2.18. The Kier molecular flexibility index (Phi) is 6.43. The number of nitrogens with one attached hydrogen (secondary N) is 1. The van der Waals surface area contributed by atoms with Crippen molar-refractivity contribution >= 4 is 23.4 Å². The third-order valence-corrected chi connectivity index (χ3v) is 4.52. The Bertz CT molecular complexity index is 562. The predicted molar refractivity (Wildman–Crippen MR) is 91.6 cm³/mol. The van der Waals surface area contributed by atoms with Crippen molar-refractivity contribution in [2.45, 2.75) is 17.9 Å². The summed E-state index contributed by atoms with van der Waals surface area (Å²) in [6.45, 7) is 3.01. The summed E-state index contributed by atoms with van der Waals surface area (Å²) < 4.78 is 5.47. The second-order valence-corrected chi connectivity index (χ2v) is 6.15. The Morgan fingerprint density at radius 3 is 2.62 bits per heavy atom. The van der Waals surface area contributed by atoms with Crippen LogP contribution in [0.25, 0.3) is 0 Å². The first kappa shape index (κ1) is 16.2. The largest absolute Gasteiger partial charge is 0.496 e. The number of halogens is 1. The molecule has 0 amide bonds. The number of hydrogen-bond donors (Lipinski definition) is 1. The van der Waals surface area contributed by atoms with Crippen LogP contribution in [0.5, 0.6) is 5.75 Å². The van der Waals surface area contributed by atoms with Crippen LogP contribution < -0.4 is 10.1 Å². The predicted octanol–water partition coefficient (Wildman–Crippen LogP) is 4.79. The molecule has 1 unspecified atom stereocenters. The Balaban J connectivity index is 2.16. The van der Waals surface area contributed by atoms with Gasteiger partial charge in [-0.1, -0.05) is 36.7 Å². The van der Waals surface area contributed by atoms with Gasteiger partial charge in [0, 0.05) is 27.3 Å². The first-order chi connectivity index (χ1) is 10.2. The van der Waals surface area contributed by atoms with Crippen LogP contribution in [0.3, 0.4) is 0 Å². The molecule has 112 valence electrons. The van der Waals surface area contributed by atoms with Crippen LogP contribution in [0.15, 0.2) is 53.4 Å². The number of thioether (sulfide) groups is 1. The molecule has 1 atom stereocenters. The van der Waals surface area contributed by atoms with Gasteiger partial charge in [-0.15, -0.1) is 11.8 Å². The van der Waals surface area contributed by atoms with E-state index in [0.717, 1.165) is 28.6 Å². The molecule has 0 spiro atoms. The summed E-state index contributed by atoms with van der Waals surface area (Å²) in [4.78, 5) is 1.27. The van der Waals surface area contributed by atoms with Crippen molar-refractivity contribution in [3.05, 3.63) is 59.1 Å². The Morgan fingerprint density at radius 1 is 1.19 bits per heavy atom. The summed E-state index contributed by atoms with van der Waals surface area (Å²) in [6.07, 6.45) is 0. The van der Waals surface area contributed by atoms with E-state index < -0.39 is 0 Å². The molecule has 2 rings (SSSR count). The molecule has 0 fully saturated rings. The van der Waals surface area contributed by atoms with Gasteiger partial charge in [-0.3, -0.25) is 0 Å². The van der Waals surface area contributed by atoms with Crippen LogP contribution in [0.1, 0.15) is 18.5 Å². The van der Waals surface area contributed by atoms with Crippen molar-refractivity contribution in [2.24, 2.45) is 0 Å². The first-order valence-corrected chi connectivity index (χ1v) is 8.35. The maximum Gasteiger partial charge on any atom is 0.123 e. The van der Waals surface area contributed by atoms with Gasteiger partial charge >= 0.3 is 0 Å². The fraction of sp³-hybridized carbons (Fsp3) is 0.294. The van der Waals surface area contributed by atoms with Crippen molar-refractivity contribution in [3.8, 4) is 5.75 Å². The second-order valence-electron chi connectivity index (χ2n) is 4.62. The highest BCUT2D eigenvalue weighted by molar-refractivity contribution is 7.99. The Labute approximate surface area is 135 Å². The van der Waals surface area contributed by atoms with Crippen molar-refractivity contribution in [3.63, 3.8) is 0 Å². The van der Waals surface area contributed by atoms with E-state index in [4.69, 9.17) is 16.3 Å². The highest BCUT2D eigenvalue weighted by Crippen LogP contribution is 2.32. The van der Waals surface area contributed by atoms with E-state index in [1.54, 1.807) is 7.11 Å². The molecule has 1 N–H and O–H groups in total. The first-order valence-electron chi connectivity index (χ1n) is 6.99. The quantitative estimate of drug-likeness (QED) is 0.741. The van der Waals surface area contributed by atoms with Gasteiger partial charge in [-0.25, -0.2) is 0 Å². The van der Waals surface area contributed by atoms with Gasteiger partial charge < -0.3 is 10.1 Å². The molecule has 0 aliphatic carbocycles. The van der Waals surface area contributed by atoms with Gasteiger partial charge in [-0.05, 0) is 36.9 Å². The standard InChI is InChI=1S/C17H20ClNOS/c1-3-19-16(12-21-14-7-5-4-6-8-14)15-11-13(18)9-10-17(15)20-2/h4-11,16,19H,3,12H2,1-2H3. The SMILES string of the molecule is CCNC(CSc1ccccc1)c1cc(Cl)ccc1OC. The molecule has 2 aromatic rings. The molecule has 0 heterocycles. The lowest BCUT2D eigenvalue weighted by molar-refractivity contribution is 0.403. The van der Waals surface area contributed by atoms with Crippen LogP contribution in [-0.2, 0) is 0 Å². The van der Waals surface area contributed by atoms with E-state index in [2.05, 4.69) is 36.5 Å². The minimum absolute atomic E-state index is 0.203. The van der Waals surface area contributed by atoms with E-state index in [-0.39, 0.29) is 6.04 Å². The number of hydrogen-bond acceptors (Lipinski definition) is 3. The zero-order valence-corrected chi connectivity index (χ0v) is 13.9. The highest BCUT2D eigenvalue weighted by Gasteiger charge is 2.16. The molecule has 0 bridgehead atoms. The number of benzene rings is 2. The smallest absolute Gasteiger partial charge is 0.123 e. The molecule has 0 saturated heterocycles. The summed E-state index contributed by atoms with van der Waals surface area (Å²) in [5, 5.41) is 4.25. The Hall–Kier alpha value is -1.16. The van der Waals surface area contributed by atoms with Crippen molar-refractivity contribution < 1.29 is 4.74 Å². The van der Waals surface area contributed by atoms with Crippen molar-refractivity contribution in [2.75, 3.05) is 19.4 Å². The van der Waals surface area contributed by atoms with E-state index in [9.17, 15) is 0 Å². The molecular formula is C17H20ClNOS. The zero-order chi connectivity index (χ0) is 15.1. The topological polar surface area (TPSA) is 21.3 Å². The normalized spacial score (nSPS) is 12.1. The molecule has 0 aliphatic heterocycles. The second kappa shape index (κ2) is 8.32. The Morgan fingerprint density at radius 2 is 1.95 bits per heavy atom. The average Bonchev–Trinajstić information content (AvgIpc) is 2.52. The summed E-state index contributed by atoms with van der Waals surface area (Å²) in [6, 6.07) is 16.4. The van der Waals surface area contributed by atoms with Gasteiger partial charge in [0.05, 0.1) is 7.11 Å². The fourth-order valence-corrected chi connectivity index (χ4v) is 3.37. The summed E-state index contributed by atoms with van der Waals surface area (Å²) in [5.74, 6) is 1.80. The summed E-state index contributed by atoms with van der Waals surface area (Å²) >= 11 is 7.97. The van der Waals surface area contributed by atoms with Gasteiger partial charge in [0.1, 0.15) is 5.75 Å². The molecule has 2 aromatic carbocycles. The number of ether oxygens (including phenoxy) is 1. The molecule has 0 aliphatic rings. The highest BCUT2D eigenvalue weighted by atomic mass is 35.5. The lowest BCUT2D eigenvalue weighted by Gasteiger charge is -2.20.